The molecule has 1 aromatic carbocycles. The number of rotatable bonds is 3. The average Bonchev–Trinajstić information content (AvgIpc) is 2.17. The van der Waals surface area contributed by atoms with Crippen molar-refractivity contribution in [2.45, 2.75) is 18.9 Å². The van der Waals surface area contributed by atoms with Gasteiger partial charge in [-0.05, 0) is 47.0 Å². The fourth-order valence-electron chi connectivity index (χ4n) is 1.77. The molecule has 3 nitrogen and oxygen atoms in total. The summed E-state index contributed by atoms with van der Waals surface area (Å²) < 4.78 is 0.836. The largest absolute Gasteiger partial charge is 0.481 e. The van der Waals surface area contributed by atoms with Crippen LogP contribution in [0.15, 0.2) is 22.7 Å². The van der Waals surface area contributed by atoms with Gasteiger partial charge in [0.15, 0.2) is 0 Å². The summed E-state index contributed by atoms with van der Waals surface area (Å²) in [5.74, 6) is -1.01. The number of anilines is 1. The van der Waals surface area contributed by atoms with Crippen LogP contribution in [0.3, 0.4) is 0 Å². The van der Waals surface area contributed by atoms with Crippen molar-refractivity contribution in [1.29, 1.82) is 0 Å². The Labute approximate surface area is 107 Å². The van der Waals surface area contributed by atoms with E-state index < -0.39 is 5.97 Å². The molecule has 1 aliphatic carbocycles. The first-order chi connectivity index (χ1) is 7.58. The van der Waals surface area contributed by atoms with E-state index in [2.05, 4.69) is 21.2 Å². The summed E-state index contributed by atoms with van der Waals surface area (Å²) in [6.07, 6.45) is 1.64. The number of halogens is 2. The lowest BCUT2D eigenvalue weighted by molar-refractivity contribution is -0.144. The molecule has 0 amide bonds. The van der Waals surface area contributed by atoms with Gasteiger partial charge in [-0.2, -0.15) is 0 Å². The van der Waals surface area contributed by atoms with Crippen molar-refractivity contribution < 1.29 is 9.90 Å². The van der Waals surface area contributed by atoms with Crippen molar-refractivity contribution >= 4 is 39.2 Å². The van der Waals surface area contributed by atoms with E-state index in [1.807, 2.05) is 12.1 Å². The molecule has 2 N–H and O–H groups in total. The van der Waals surface area contributed by atoms with E-state index in [0.29, 0.717) is 5.02 Å². The highest BCUT2D eigenvalue weighted by atomic mass is 79.9. The Morgan fingerprint density at radius 2 is 2.25 bits per heavy atom. The zero-order valence-electron chi connectivity index (χ0n) is 8.41. The van der Waals surface area contributed by atoms with Crippen LogP contribution in [0.4, 0.5) is 5.69 Å². The number of benzene rings is 1. The number of aliphatic carboxylic acids is 1. The fraction of sp³-hybridized carbons (Fsp3) is 0.364. The van der Waals surface area contributed by atoms with Crippen LogP contribution in [0.2, 0.25) is 5.02 Å². The molecular formula is C11H11BrClNO2. The summed E-state index contributed by atoms with van der Waals surface area (Å²) in [5, 5.41) is 12.7. The van der Waals surface area contributed by atoms with Gasteiger partial charge in [-0.25, -0.2) is 0 Å². The van der Waals surface area contributed by atoms with E-state index in [1.165, 1.54) is 0 Å². The molecule has 0 aliphatic heterocycles. The first-order valence-corrected chi connectivity index (χ1v) is 6.19. The van der Waals surface area contributed by atoms with Gasteiger partial charge in [0, 0.05) is 16.2 Å². The van der Waals surface area contributed by atoms with Crippen molar-refractivity contribution in [3.8, 4) is 0 Å². The van der Waals surface area contributed by atoms with E-state index >= 15 is 0 Å². The van der Waals surface area contributed by atoms with E-state index in [9.17, 15) is 4.79 Å². The summed E-state index contributed by atoms with van der Waals surface area (Å²) in [5.41, 5.74) is 0.865. The first-order valence-electron chi connectivity index (χ1n) is 5.02. The Morgan fingerprint density at radius 1 is 1.50 bits per heavy atom. The van der Waals surface area contributed by atoms with Crippen LogP contribution in [0.25, 0.3) is 0 Å². The highest BCUT2D eigenvalue weighted by molar-refractivity contribution is 9.10. The second-order valence-electron chi connectivity index (χ2n) is 3.90. The quantitative estimate of drug-likeness (QED) is 0.900. The third-order valence-electron chi connectivity index (χ3n) is 2.86. The predicted octanol–water partition coefficient (Wildman–Crippen LogP) is 3.38. The lowest BCUT2D eigenvalue weighted by atomic mass is 9.79. The summed E-state index contributed by atoms with van der Waals surface area (Å²) in [7, 11) is 0. The molecule has 5 heteroatoms. The van der Waals surface area contributed by atoms with Crippen molar-refractivity contribution in [2.75, 3.05) is 5.32 Å². The Kier molecular flexibility index (Phi) is 3.40. The molecule has 1 fully saturated rings. The van der Waals surface area contributed by atoms with Gasteiger partial charge >= 0.3 is 5.97 Å². The molecule has 0 heterocycles. The molecule has 0 spiro atoms. The SMILES string of the molecule is O=C(O)C1CCC1Nc1ccc(Br)c(Cl)c1. The molecule has 86 valence electrons. The molecular weight excluding hydrogens is 293 g/mol. The highest BCUT2D eigenvalue weighted by Gasteiger charge is 2.36. The summed E-state index contributed by atoms with van der Waals surface area (Å²) in [4.78, 5) is 10.8. The molecule has 1 aromatic rings. The number of nitrogens with one attached hydrogen (secondary N) is 1. The van der Waals surface area contributed by atoms with Crippen LogP contribution >= 0.6 is 27.5 Å². The van der Waals surface area contributed by atoms with E-state index in [-0.39, 0.29) is 12.0 Å². The normalized spacial score (nSPS) is 23.6. The molecule has 0 aromatic heterocycles. The summed E-state index contributed by atoms with van der Waals surface area (Å²) >= 11 is 9.26. The topological polar surface area (TPSA) is 49.3 Å². The molecule has 16 heavy (non-hydrogen) atoms. The van der Waals surface area contributed by atoms with Gasteiger partial charge in [0.1, 0.15) is 0 Å². The standard InChI is InChI=1S/C11H11BrClNO2/c12-8-3-1-6(5-9(8)13)14-10-4-2-7(10)11(15)16/h1,3,5,7,10,14H,2,4H2,(H,15,16). The molecule has 0 radical (unpaired) electrons. The third-order valence-corrected chi connectivity index (χ3v) is 4.10. The minimum atomic E-state index is -0.730. The second-order valence-corrected chi connectivity index (χ2v) is 5.16. The smallest absolute Gasteiger partial charge is 0.308 e. The zero-order valence-corrected chi connectivity index (χ0v) is 10.8. The lowest BCUT2D eigenvalue weighted by Crippen LogP contribution is -2.42. The summed E-state index contributed by atoms with van der Waals surface area (Å²) in [6, 6.07) is 5.55. The monoisotopic (exact) mass is 303 g/mol. The van der Waals surface area contributed by atoms with E-state index in [1.54, 1.807) is 6.07 Å². The molecule has 0 bridgehead atoms. The third kappa shape index (κ3) is 2.33. The van der Waals surface area contributed by atoms with Gasteiger partial charge in [-0.15, -0.1) is 0 Å². The second kappa shape index (κ2) is 4.63. The Morgan fingerprint density at radius 3 is 2.75 bits per heavy atom. The Balaban J connectivity index is 2.04. The Bertz CT molecular complexity index is 424. The molecule has 2 rings (SSSR count). The zero-order chi connectivity index (χ0) is 11.7. The van der Waals surface area contributed by atoms with Crippen LogP contribution in [0.5, 0.6) is 0 Å². The number of hydrogen-bond acceptors (Lipinski definition) is 2. The predicted molar refractivity (Wildman–Crippen MR) is 66.9 cm³/mol. The fourth-order valence-corrected chi connectivity index (χ4v) is 2.20. The Hall–Kier alpha value is -0.740. The molecule has 2 unspecified atom stereocenters. The van der Waals surface area contributed by atoms with Crippen molar-refractivity contribution in [1.82, 2.24) is 0 Å². The van der Waals surface area contributed by atoms with Gasteiger partial charge < -0.3 is 10.4 Å². The maximum absolute atomic E-state index is 10.8. The van der Waals surface area contributed by atoms with Crippen LogP contribution < -0.4 is 5.32 Å². The van der Waals surface area contributed by atoms with Crippen molar-refractivity contribution in [3.05, 3.63) is 27.7 Å². The molecule has 1 aliphatic rings. The number of hydrogen-bond donors (Lipinski definition) is 2. The maximum atomic E-state index is 10.8. The lowest BCUT2D eigenvalue weighted by Gasteiger charge is -2.34. The van der Waals surface area contributed by atoms with Gasteiger partial charge in [0.05, 0.1) is 10.9 Å². The molecule has 1 saturated carbocycles. The average molecular weight is 305 g/mol. The highest BCUT2D eigenvalue weighted by Crippen LogP contribution is 2.32. The summed E-state index contributed by atoms with van der Waals surface area (Å²) in [6.45, 7) is 0. The van der Waals surface area contributed by atoms with Gasteiger partial charge in [0.2, 0.25) is 0 Å². The van der Waals surface area contributed by atoms with Crippen LogP contribution in [0.1, 0.15) is 12.8 Å². The first kappa shape index (κ1) is 11.7. The van der Waals surface area contributed by atoms with Crippen LogP contribution in [-0.2, 0) is 4.79 Å². The van der Waals surface area contributed by atoms with Gasteiger partial charge in [0.25, 0.3) is 0 Å². The van der Waals surface area contributed by atoms with E-state index in [0.717, 1.165) is 23.0 Å². The van der Waals surface area contributed by atoms with Crippen molar-refractivity contribution in [3.63, 3.8) is 0 Å². The van der Waals surface area contributed by atoms with Gasteiger partial charge in [-0.3, -0.25) is 4.79 Å². The molecule has 0 saturated heterocycles. The van der Waals surface area contributed by atoms with Crippen LogP contribution in [-0.4, -0.2) is 17.1 Å². The number of carbonyl (C=O) groups is 1. The van der Waals surface area contributed by atoms with E-state index in [4.69, 9.17) is 16.7 Å². The van der Waals surface area contributed by atoms with Gasteiger partial charge in [-0.1, -0.05) is 11.6 Å². The molecule has 2 atom stereocenters. The maximum Gasteiger partial charge on any atom is 0.308 e. The van der Waals surface area contributed by atoms with Crippen LogP contribution in [0, 0.1) is 5.92 Å². The van der Waals surface area contributed by atoms with Crippen molar-refractivity contribution in [2.24, 2.45) is 5.92 Å². The minimum absolute atomic E-state index is 0.0229. The number of carboxylic acid groups (broad SMARTS) is 1. The minimum Gasteiger partial charge on any atom is -0.481 e. The number of carboxylic acids is 1.